The number of hydrogen-bond donors (Lipinski definition) is 0. The largest absolute Gasteiger partial charge is 0.294 e. The summed E-state index contributed by atoms with van der Waals surface area (Å²) in [6, 6.07) is 13.6. The first kappa shape index (κ1) is 15.4. The molecule has 0 spiro atoms. The minimum absolute atomic E-state index is 0.0116. The summed E-state index contributed by atoms with van der Waals surface area (Å²) in [6.45, 7) is 3.74. The van der Waals surface area contributed by atoms with Crippen LogP contribution in [0.25, 0.3) is 0 Å². The molecule has 0 aliphatic rings. The Bertz CT molecular complexity index is 727. The minimum atomic E-state index is -3.39. The van der Waals surface area contributed by atoms with Crippen molar-refractivity contribution in [1.82, 2.24) is 0 Å². The fourth-order valence-electron chi connectivity index (χ4n) is 2.04. The van der Waals surface area contributed by atoms with Crippen LogP contribution >= 0.6 is 0 Å². The van der Waals surface area contributed by atoms with Crippen molar-refractivity contribution < 1.29 is 13.2 Å². The molecule has 0 unspecified atom stereocenters. The van der Waals surface area contributed by atoms with Crippen LogP contribution < -0.4 is 0 Å². The van der Waals surface area contributed by atoms with Crippen molar-refractivity contribution in [1.29, 1.82) is 0 Å². The molecule has 0 atom stereocenters. The summed E-state index contributed by atoms with van der Waals surface area (Å²) in [6.07, 6.45) is 0.412. The molecule has 0 aromatic heterocycles. The maximum atomic E-state index is 12.4. The fraction of sp³-hybridized carbons (Fsp3) is 0.235. The first-order chi connectivity index (χ1) is 9.92. The summed E-state index contributed by atoms with van der Waals surface area (Å²) in [5, 5.41) is 0. The van der Waals surface area contributed by atoms with Gasteiger partial charge < -0.3 is 0 Å². The predicted molar refractivity (Wildman–Crippen MR) is 83.1 cm³/mol. The zero-order chi connectivity index (χ0) is 15.5. The smallest absolute Gasteiger partial charge is 0.182 e. The summed E-state index contributed by atoms with van der Waals surface area (Å²) >= 11 is 0. The molecule has 0 saturated heterocycles. The highest BCUT2D eigenvalue weighted by Crippen LogP contribution is 2.18. The van der Waals surface area contributed by atoms with Crippen LogP contribution in [0.1, 0.15) is 34.8 Å². The summed E-state index contributed by atoms with van der Waals surface area (Å²) in [4.78, 5) is 11.8. The van der Waals surface area contributed by atoms with Crippen LogP contribution in [0.4, 0.5) is 0 Å². The van der Waals surface area contributed by atoms with Crippen LogP contribution in [0.2, 0.25) is 0 Å². The van der Waals surface area contributed by atoms with E-state index in [9.17, 15) is 13.2 Å². The van der Waals surface area contributed by atoms with E-state index in [0.29, 0.717) is 12.0 Å². The Hall–Kier alpha value is -1.94. The van der Waals surface area contributed by atoms with Gasteiger partial charge in [-0.25, -0.2) is 8.42 Å². The summed E-state index contributed by atoms with van der Waals surface area (Å²) in [5.41, 5.74) is 2.40. The Kier molecular flexibility index (Phi) is 4.58. The highest BCUT2D eigenvalue weighted by molar-refractivity contribution is 7.90. The molecule has 0 bridgehead atoms. The second-order valence-electron chi connectivity index (χ2n) is 5.05. The molecule has 110 valence electrons. The van der Waals surface area contributed by atoms with Crippen LogP contribution in [-0.4, -0.2) is 14.2 Å². The molecule has 4 heteroatoms. The van der Waals surface area contributed by atoms with Gasteiger partial charge in [-0.3, -0.25) is 4.79 Å². The number of ketones is 1. The van der Waals surface area contributed by atoms with Crippen molar-refractivity contribution in [3.8, 4) is 0 Å². The van der Waals surface area contributed by atoms with E-state index >= 15 is 0 Å². The second-order valence-corrected chi connectivity index (χ2v) is 7.04. The van der Waals surface area contributed by atoms with E-state index in [2.05, 4.69) is 0 Å². The lowest BCUT2D eigenvalue weighted by Crippen LogP contribution is -2.06. The maximum Gasteiger partial charge on any atom is 0.182 e. The van der Waals surface area contributed by atoms with Crippen molar-refractivity contribution in [2.75, 3.05) is 0 Å². The third kappa shape index (κ3) is 3.79. The van der Waals surface area contributed by atoms with Crippen molar-refractivity contribution >= 4 is 15.6 Å². The Labute approximate surface area is 125 Å². The van der Waals surface area contributed by atoms with Gasteiger partial charge in [0.25, 0.3) is 0 Å². The molecule has 2 rings (SSSR count). The van der Waals surface area contributed by atoms with Gasteiger partial charge in [-0.1, -0.05) is 48.9 Å². The van der Waals surface area contributed by atoms with Gasteiger partial charge in [0.1, 0.15) is 0 Å². The molecule has 0 N–H and O–H groups in total. The molecular weight excluding hydrogens is 284 g/mol. The van der Waals surface area contributed by atoms with Crippen molar-refractivity contribution in [2.24, 2.45) is 0 Å². The van der Waals surface area contributed by atoms with Gasteiger partial charge in [0, 0.05) is 12.0 Å². The number of benzene rings is 2. The third-order valence-electron chi connectivity index (χ3n) is 3.33. The van der Waals surface area contributed by atoms with E-state index in [1.807, 2.05) is 31.2 Å². The molecule has 0 saturated carbocycles. The number of aryl methyl sites for hydroxylation is 1. The van der Waals surface area contributed by atoms with Gasteiger partial charge in [-0.2, -0.15) is 0 Å². The molecular formula is C17H18O3S. The average Bonchev–Trinajstić information content (AvgIpc) is 2.49. The van der Waals surface area contributed by atoms with Crippen molar-refractivity contribution in [2.45, 2.75) is 30.9 Å². The van der Waals surface area contributed by atoms with E-state index in [-0.39, 0.29) is 16.4 Å². The number of hydrogen-bond acceptors (Lipinski definition) is 3. The number of sulfone groups is 1. The fourth-order valence-corrected chi connectivity index (χ4v) is 3.39. The normalized spacial score (nSPS) is 11.3. The van der Waals surface area contributed by atoms with Gasteiger partial charge in [0.15, 0.2) is 15.6 Å². The second kappa shape index (κ2) is 6.22. The topological polar surface area (TPSA) is 51.2 Å². The van der Waals surface area contributed by atoms with Crippen LogP contribution in [-0.2, 0) is 15.6 Å². The lowest BCUT2D eigenvalue weighted by atomic mass is 10.1. The highest BCUT2D eigenvalue weighted by Gasteiger charge is 2.15. The first-order valence-corrected chi connectivity index (χ1v) is 8.49. The zero-order valence-electron chi connectivity index (χ0n) is 12.2. The lowest BCUT2D eigenvalue weighted by Gasteiger charge is -2.06. The molecule has 2 aromatic carbocycles. The van der Waals surface area contributed by atoms with Crippen molar-refractivity contribution in [3.63, 3.8) is 0 Å². The number of Topliss-reactive ketones (excluding diaryl/α,β-unsaturated/α-hetero) is 1. The van der Waals surface area contributed by atoms with Gasteiger partial charge in [0.05, 0.1) is 10.6 Å². The Balaban J connectivity index is 2.23. The van der Waals surface area contributed by atoms with Gasteiger partial charge in [-0.05, 0) is 24.6 Å². The van der Waals surface area contributed by atoms with E-state index in [1.165, 1.54) is 12.1 Å². The van der Waals surface area contributed by atoms with Crippen LogP contribution in [0.15, 0.2) is 53.4 Å². The van der Waals surface area contributed by atoms with Crippen LogP contribution in [0.5, 0.6) is 0 Å². The first-order valence-electron chi connectivity index (χ1n) is 6.84. The predicted octanol–water partition coefficient (Wildman–Crippen LogP) is 3.56. The number of carbonyl (C=O) groups excluding carboxylic acids is 1. The van der Waals surface area contributed by atoms with Crippen LogP contribution in [0, 0.1) is 6.92 Å². The summed E-state index contributed by atoms with van der Waals surface area (Å²) < 4.78 is 24.7. The van der Waals surface area contributed by atoms with E-state index in [1.54, 1.807) is 19.1 Å². The maximum absolute atomic E-state index is 12.4. The molecule has 0 aliphatic heterocycles. The minimum Gasteiger partial charge on any atom is -0.294 e. The average molecular weight is 302 g/mol. The van der Waals surface area contributed by atoms with Gasteiger partial charge in [-0.15, -0.1) is 0 Å². The molecule has 21 heavy (non-hydrogen) atoms. The third-order valence-corrected chi connectivity index (χ3v) is 5.04. The van der Waals surface area contributed by atoms with E-state index < -0.39 is 9.84 Å². The van der Waals surface area contributed by atoms with Gasteiger partial charge >= 0.3 is 0 Å². The summed E-state index contributed by atoms with van der Waals surface area (Å²) in [7, 11) is -3.39. The van der Waals surface area contributed by atoms with Crippen LogP contribution in [0.3, 0.4) is 0 Å². The molecule has 0 heterocycles. The lowest BCUT2D eigenvalue weighted by molar-refractivity contribution is 0.0988. The molecule has 0 fully saturated rings. The number of carbonyl (C=O) groups is 1. The quantitative estimate of drug-likeness (QED) is 0.793. The standard InChI is InChI=1S/C17H18O3S/c1-3-17(18)15-8-10-16(11-9-15)21(19,20)12-14-6-4-13(2)5-7-14/h4-11H,3,12H2,1-2H3. The molecule has 0 amide bonds. The van der Waals surface area contributed by atoms with Crippen molar-refractivity contribution in [3.05, 3.63) is 65.2 Å². The van der Waals surface area contributed by atoms with Gasteiger partial charge in [0.2, 0.25) is 0 Å². The molecule has 0 radical (unpaired) electrons. The molecule has 0 aliphatic carbocycles. The zero-order valence-corrected chi connectivity index (χ0v) is 13.0. The SMILES string of the molecule is CCC(=O)c1ccc(S(=O)(=O)Cc2ccc(C)cc2)cc1. The Morgan fingerprint density at radius 1 is 0.952 bits per heavy atom. The monoisotopic (exact) mass is 302 g/mol. The Morgan fingerprint density at radius 2 is 1.52 bits per heavy atom. The van der Waals surface area contributed by atoms with E-state index in [0.717, 1.165) is 11.1 Å². The summed E-state index contributed by atoms with van der Waals surface area (Å²) in [5.74, 6) is -0.0218. The Morgan fingerprint density at radius 3 is 2.05 bits per heavy atom. The number of rotatable bonds is 5. The molecule has 2 aromatic rings. The molecule has 3 nitrogen and oxygen atoms in total. The van der Waals surface area contributed by atoms with E-state index in [4.69, 9.17) is 0 Å². The highest BCUT2D eigenvalue weighted by atomic mass is 32.2.